The zero-order chi connectivity index (χ0) is 17.6. The SMILES string of the molecule is CCOCc1nc2c(c(N(C)CCn3ccnc3C)n1)CCNCC2. The van der Waals surface area contributed by atoms with Gasteiger partial charge in [0.15, 0.2) is 5.82 Å². The molecule has 0 bridgehead atoms. The minimum absolute atomic E-state index is 0.471. The second-order valence-electron chi connectivity index (χ2n) is 6.37. The molecule has 25 heavy (non-hydrogen) atoms. The molecule has 136 valence electrons. The Labute approximate surface area is 149 Å². The molecule has 0 spiro atoms. The summed E-state index contributed by atoms with van der Waals surface area (Å²) in [4.78, 5) is 16.1. The van der Waals surface area contributed by atoms with Crippen molar-refractivity contribution in [1.29, 1.82) is 0 Å². The normalized spacial score (nSPS) is 14.2. The van der Waals surface area contributed by atoms with Crippen LogP contribution in [0.3, 0.4) is 0 Å². The van der Waals surface area contributed by atoms with Gasteiger partial charge in [-0.1, -0.05) is 0 Å². The molecule has 0 unspecified atom stereocenters. The Hall–Kier alpha value is -1.99. The van der Waals surface area contributed by atoms with E-state index in [2.05, 4.69) is 26.8 Å². The smallest absolute Gasteiger partial charge is 0.156 e. The highest BCUT2D eigenvalue weighted by Gasteiger charge is 2.19. The van der Waals surface area contributed by atoms with Crippen LogP contribution in [-0.4, -0.2) is 52.8 Å². The van der Waals surface area contributed by atoms with E-state index >= 15 is 0 Å². The summed E-state index contributed by atoms with van der Waals surface area (Å²) < 4.78 is 7.71. The Kier molecular flexibility index (Phi) is 5.99. The molecule has 3 heterocycles. The Morgan fingerprint density at radius 1 is 1.28 bits per heavy atom. The van der Waals surface area contributed by atoms with E-state index in [0.717, 1.165) is 62.2 Å². The van der Waals surface area contributed by atoms with Crippen LogP contribution in [0.25, 0.3) is 0 Å². The van der Waals surface area contributed by atoms with Gasteiger partial charge in [0.1, 0.15) is 18.2 Å². The van der Waals surface area contributed by atoms with Gasteiger partial charge in [-0.2, -0.15) is 0 Å². The molecule has 7 nitrogen and oxygen atoms in total. The molecule has 0 radical (unpaired) electrons. The van der Waals surface area contributed by atoms with Crippen LogP contribution in [-0.2, 0) is 30.7 Å². The molecule has 1 aliphatic heterocycles. The third kappa shape index (κ3) is 4.35. The number of aromatic nitrogens is 4. The molecule has 2 aromatic rings. The second-order valence-corrected chi connectivity index (χ2v) is 6.37. The van der Waals surface area contributed by atoms with Crippen LogP contribution >= 0.6 is 0 Å². The van der Waals surface area contributed by atoms with Gasteiger partial charge in [0.25, 0.3) is 0 Å². The van der Waals surface area contributed by atoms with E-state index < -0.39 is 0 Å². The Morgan fingerprint density at radius 3 is 2.88 bits per heavy atom. The Bertz CT molecular complexity index is 699. The van der Waals surface area contributed by atoms with E-state index in [9.17, 15) is 0 Å². The van der Waals surface area contributed by atoms with Gasteiger partial charge in [-0.15, -0.1) is 0 Å². The monoisotopic (exact) mass is 344 g/mol. The quantitative estimate of drug-likeness (QED) is 0.818. The zero-order valence-electron chi connectivity index (χ0n) is 15.5. The first-order chi connectivity index (χ1) is 12.2. The van der Waals surface area contributed by atoms with Crippen LogP contribution in [0, 0.1) is 6.92 Å². The minimum Gasteiger partial charge on any atom is -0.374 e. The lowest BCUT2D eigenvalue weighted by Crippen LogP contribution is -2.26. The van der Waals surface area contributed by atoms with Crippen molar-refractivity contribution in [3.63, 3.8) is 0 Å². The average Bonchev–Trinajstić information content (AvgIpc) is 2.88. The van der Waals surface area contributed by atoms with Gasteiger partial charge in [-0.25, -0.2) is 15.0 Å². The highest BCUT2D eigenvalue weighted by molar-refractivity contribution is 5.49. The average molecular weight is 344 g/mol. The number of likely N-dealkylation sites (N-methyl/N-ethyl adjacent to an activating group) is 1. The lowest BCUT2D eigenvalue weighted by Gasteiger charge is -2.23. The largest absolute Gasteiger partial charge is 0.374 e. The van der Waals surface area contributed by atoms with E-state index in [1.165, 1.54) is 5.56 Å². The number of nitrogens with one attached hydrogen (secondary N) is 1. The first kappa shape index (κ1) is 17.8. The number of ether oxygens (including phenoxy) is 1. The molecule has 2 aromatic heterocycles. The summed E-state index contributed by atoms with van der Waals surface area (Å²) in [6, 6.07) is 0. The molecule has 0 saturated heterocycles. The maximum atomic E-state index is 5.54. The highest BCUT2D eigenvalue weighted by Crippen LogP contribution is 2.23. The van der Waals surface area contributed by atoms with Gasteiger partial charge in [-0.3, -0.25) is 0 Å². The lowest BCUT2D eigenvalue weighted by atomic mass is 10.1. The Morgan fingerprint density at radius 2 is 2.12 bits per heavy atom. The summed E-state index contributed by atoms with van der Waals surface area (Å²) in [7, 11) is 2.11. The molecular weight excluding hydrogens is 316 g/mol. The van der Waals surface area contributed by atoms with Gasteiger partial charge in [0, 0.05) is 57.7 Å². The molecular formula is C18H28N6O. The first-order valence-corrected chi connectivity index (χ1v) is 9.05. The number of rotatable bonds is 7. The van der Waals surface area contributed by atoms with Crippen molar-refractivity contribution in [3.05, 3.63) is 35.3 Å². The van der Waals surface area contributed by atoms with Gasteiger partial charge >= 0.3 is 0 Å². The van der Waals surface area contributed by atoms with Crippen molar-refractivity contribution in [2.24, 2.45) is 0 Å². The van der Waals surface area contributed by atoms with E-state index in [0.29, 0.717) is 13.2 Å². The van der Waals surface area contributed by atoms with Crippen molar-refractivity contribution in [2.45, 2.75) is 39.8 Å². The fourth-order valence-corrected chi connectivity index (χ4v) is 3.15. The zero-order valence-corrected chi connectivity index (χ0v) is 15.5. The van der Waals surface area contributed by atoms with Gasteiger partial charge < -0.3 is 19.5 Å². The van der Waals surface area contributed by atoms with Gasteiger partial charge in [-0.05, 0) is 26.8 Å². The molecule has 1 aliphatic rings. The standard InChI is InChI=1S/C18H28N6O/c1-4-25-13-17-21-16-6-8-19-7-5-15(16)18(22-17)23(3)11-12-24-10-9-20-14(24)2/h9-10,19H,4-8,11-13H2,1-3H3. The van der Waals surface area contributed by atoms with Crippen LogP contribution in [0.1, 0.15) is 29.8 Å². The van der Waals surface area contributed by atoms with E-state index in [4.69, 9.17) is 14.7 Å². The summed E-state index contributed by atoms with van der Waals surface area (Å²) in [6.07, 6.45) is 5.78. The third-order valence-corrected chi connectivity index (χ3v) is 4.60. The highest BCUT2D eigenvalue weighted by atomic mass is 16.5. The van der Waals surface area contributed by atoms with Crippen molar-refractivity contribution in [1.82, 2.24) is 24.8 Å². The number of hydrogen-bond acceptors (Lipinski definition) is 6. The molecule has 1 N–H and O–H groups in total. The predicted octanol–water partition coefficient (Wildman–Crippen LogP) is 1.34. The maximum absolute atomic E-state index is 5.54. The molecule has 7 heteroatoms. The number of aryl methyl sites for hydroxylation is 1. The van der Waals surface area contributed by atoms with Gasteiger partial charge in [0.05, 0.1) is 5.69 Å². The summed E-state index contributed by atoms with van der Waals surface area (Å²) in [6.45, 7) is 8.88. The van der Waals surface area contributed by atoms with Crippen LogP contribution in [0.4, 0.5) is 5.82 Å². The summed E-state index contributed by atoms with van der Waals surface area (Å²) in [5.74, 6) is 2.86. The lowest BCUT2D eigenvalue weighted by molar-refractivity contribution is 0.128. The van der Waals surface area contributed by atoms with Crippen molar-refractivity contribution in [2.75, 3.05) is 38.2 Å². The number of anilines is 1. The molecule has 0 fully saturated rings. The van der Waals surface area contributed by atoms with E-state index in [1.54, 1.807) is 0 Å². The molecule has 0 aromatic carbocycles. The minimum atomic E-state index is 0.471. The van der Waals surface area contributed by atoms with E-state index in [1.807, 2.05) is 26.2 Å². The second kappa shape index (κ2) is 8.40. The predicted molar refractivity (Wildman–Crippen MR) is 97.9 cm³/mol. The topological polar surface area (TPSA) is 68.1 Å². The Balaban J connectivity index is 1.82. The summed E-state index contributed by atoms with van der Waals surface area (Å²) in [5, 5.41) is 3.45. The van der Waals surface area contributed by atoms with Crippen LogP contribution in [0.5, 0.6) is 0 Å². The molecule has 0 amide bonds. The molecule has 0 saturated carbocycles. The fourth-order valence-electron chi connectivity index (χ4n) is 3.15. The molecule has 0 aliphatic carbocycles. The third-order valence-electron chi connectivity index (χ3n) is 4.60. The fraction of sp³-hybridized carbons (Fsp3) is 0.611. The van der Waals surface area contributed by atoms with Crippen molar-refractivity contribution >= 4 is 5.82 Å². The number of imidazole rings is 1. The van der Waals surface area contributed by atoms with Crippen LogP contribution < -0.4 is 10.2 Å². The number of nitrogens with zero attached hydrogens (tertiary/aromatic N) is 5. The summed E-state index contributed by atoms with van der Waals surface area (Å²) >= 11 is 0. The van der Waals surface area contributed by atoms with Crippen molar-refractivity contribution in [3.8, 4) is 0 Å². The number of fused-ring (bicyclic) bond motifs is 1. The van der Waals surface area contributed by atoms with Gasteiger partial charge in [0.2, 0.25) is 0 Å². The van der Waals surface area contributed by atoms with Crippen molar-refractivity contribution < 1.29 is 4.74 Å². The van der Waals surface area contributed by atoms with E-state index in [-0.39, 0.29) is 0 Å². The maximum Gasteiger partial charge on any atom is 0.156 e. The molecule has 0 atom stereocenters. The van der Waals surface area contributed by atoms with Crippen LogP contribution in [0.2, 0.25) is 0 Å². The van der Waals surface area contributed by atoms with Crippen LogP contribution in [0.15, 0.2) is 12.4 Å². The summed E-state index contributed by atoms with van der Waals surface area (Å²) in [5.41, 5.74) is 2.44. The first-order valence-electron chi connectivity index (χ1n) is 9.05. The molecule has 3 rings (SSSR count). The number of hydrogen-bond donors (Lipinski definition) is 1.